The largest absolute Gasteiger partial charge is 0.496 e. The van der Waals surface area contributed by atoms with Gasteiger partial charge in [-0.05, 0) is 68.6 Å². The number of benzene rings is 1. The molecule has 1 aromatic rings. The Morgan fingerprint density at radius 2 is 1.63 bits per heavy atom. The summed E-state index contributed by atoms with van der Waals surface area (Å²) >= 11 is 0. The van der Waals surface area contributed by atoms with Crippen LogP contribution in [0.25, 0.3) is 0 Å². The van der Waals surface area contributed by atoms with Gasteiger partial charge in [0.15, 0.2) is 13.9 Å². The van der Waals surface area contributed by atoms with Crippen LogP contribution in [0.2, 0.25) is 18.1 Å². The highest BCUT2D eigenvalue weighted by Crippen LogP contribution is 2.36. The molecule has 0 N–H and O–H groups in total. The number of carbonyl (C=O) groups is 1. The van der Waals surface area contributed by atoms with Gasteiger partial charge < -0.3 is 18.6 Å². The second-order valence-electron chi connectivity index (χ2n) is 10.7. The van der Waals surface area contributed by atoms with E-state index in [1.807, 2.05) is 19.9 Å². The van der Waals surface area contributed by atoms with Crippen molar-refractivity contribution >= 4 is 14.3 Å². The van der Waals surface area contributed by atoms with E-state index in [1.165, 1.54) is 14.2 Å². The van der Waals surface area contributed by atoms with Crippen LogP contribution in [0.5, 0.6) is 11.5 Å². The van der Waals surface area contributed by atoms with Crippen molar-refractivity contribution in [2.75, 3.05) is 20.8 Å². The summed E-state index contributed by atoms with van der Waals surface area (Å²) in [7, 11) is 1.23. The van der Waals surface area contributed by atoms with Crippen LogP contribution in [0.15, 0.2) is 29.8 Å². The van der Waals surface area contributed by atoms with Crippen molar-refractivity contribution in [1.82, 2.24) is 0 Å². The van der Waals surface area contributed by atoms with Gasteiger partial charge >= 0.3 is 5.97 Å². The van der Waals surface area contributed by atoms with Gasteiger partial charge in [0.05, 0.1) is 20.8 Å². The standard InChI is InChI=1S/C29H46O5Si/c1-11-12-13-14-20-29(6,21-18-23(2)19-22-33-35(9,10)28(3,4)5)34-27(30)26-24(31-7)16-15-17-25(26)32-8/h15-17,19H,11-14,20,22H2,1-10H3/b23-19-. The van der Waals surface area contributed by atoms with Crippen molar-refractivity contribution in [1.29, 1.82) is 0 Å². The van der Waals surface area contributed by atoms with Crippen LogP contribution in [-0.4, -0.2) is 40.7 Å². The van der Waals surface area contributed by atoms with Crippen LogP contribution < -0.4 is 9.47 Å². The molecule has 0 spiro atoms. The summed E-state index contributed by atoms with van der Waals surface area (Å²) in [6, 6.07) is 5.22. The Morgan fingerprint density at radius 3 is 2.14 bits per heavy atom. The van der Waals surface area contributed by atoms with Gasteiger partial charge in [-0.25, -0.2) is 4.79 Å². The summed E-state index contributed by atoms with van der Waals surface area (Å²) in [6.07, 6.45) is 6.93. The first-order chi connectivity index (χ1) is 16.3. The lowest BCUT2D eigenvalue weighted by atomic mass is 9.97. The van der Waals surface area contributed by atoms with E-state index in [9.17, 15) is 4.79 Å². The van der Waals surface area contributed by atoms with Gasteiger partial charge in [0.25, 0.3) is 0 Å². The van der Waals surface area contributed by atoms with E-state index >= 15 is 0 Å². The number of allylic oxidation sites excluding steroid dienone is 1. The fourth-order valence-electron chi connectivity index (χ4n) is 3.21. The van der Waals surface area contributed by atoms with Crippen LogP contribution in [0.4, 0.5) is 0 Å². The van der Waals surface area contributed by atoms with E-state index in [2.05, 4.69) is 52.6 Å². The molecule has 0 radical (unpaired) electrons. The van der Waals surface area contributed by atoms with Crippen LogP contribution in [0.3, 0.4) is 0 Å². The first-order valence-electron chi connectivity index (χ1n) is 12.6. The Balaban J connectivity index is 3.12. The lowest BCUT2D eigenvalue weighted by Crippen LogP contribution is -2.40. The molecule has 0 saturated carbocycles. The van der Waals surface area contributed by atoms with Crippen molar-refractivity contribution in [2.45, 2.75) is 97.4 Å². The molecule has 0 aromatic heterocycles. The van der Waals surface area contributed by atoms with Crippen molar-refractivity contribution < 1.29 is 23.4 Å². The summed E-state index contributed by atoms with van der Waals surface area (Å²) in [6.45, 7) is 17.7. The Labute approximate surface area is 214 Å². The Bertz CT molecular complexity index is 895. The van der Waals surface area contributed by atoms with E-state index in [1.54, 1.807) is 18.2 Å². The molecule has 1 aromatic carbocycles. The molecule has 0 fully saturated rings. The zero-order chi connectivity index (χ0) is 26.7. The Morgan fingerprint density at radius 1 is 1.03 bits per heavy atom. The monoisotopic (exact) mass is 502 g/mol. The summed E-state index contributed by atoms with van der Waals surface area (Å²) < 4.78 is 23.0. The number of carbonyl (C=O) groups excluding carboxylic acids is 1. The zero-order valence-electron chi connectivity index (χ0n) is 23.6. The average molecular weight is 503 g/mol. The summed E-state index contributed by atoms with van der Waals surface area (Å²) in [4.78, 5) is 13.2. The zero-order valence-corrected chi connectivity index (χ0v) is 24.6. The van der Waals surface area contributed by atoms with Crippen molar-refractivity contribution in [3.05, 3.63) is 35.4 Å². The molecule has 0 saturated heterocycles. The Hall–Kier alpha value is -2.23. The topological polar surface area (TPSA) is 54.0 Å². The molecule has 1 rings (SSSR count). The maximum atomic E-state index is 13.2. The smallest absolute Gasteiger partial charge is 0.347 e. The predicted octanol–water partition coefficient (Wildman–Crippen LogP) is 7.56. The number of esters is 1. The fraction of sp³-hybridized carbons (Fsp3) is 0.621. The lowest BCUT2D eigenvalue weighted by Gasteiger charge is -2.35. The second-order valence-corrected chi connectivity index (χ2v) is 15.5. The van der Waals surface area contributed by atoms with Crippen LogP contribution in [0, 0.1) is 11.8 Å². The second kappa shape index (κ2) is 13.7. The Kier molecular flexibility index (Phi) is 12.1. The molecular weight excluding hydrogens is 456 g/mol. The van der Waals surface area contributed by atoms with Gasteiger partial charge in [-0.1, -0.05) is 64.9 Å². The van der Waals surface area contributed by atoms with E-state index in [0.717, 1.165) is 31.3 Å². The molecule has 196 valence electrons. The normalized spacial score (nSPS) is 13.9. The van der Waals surface area contributed by atoms with Crippen LogP contribution in [-0.2, 0) is 9.16 Å². The predicted molar refractivity (Wildman–Crippen MR) is 147 cm³/mol. The van der Waals surface area contributed by atoms with E-state index < -0.39 is 19.9 Å². The number of methoxy groups -OCH3 is 2. The minimum absolute atomic E-state index is 0.158. The molecule has 1 unspecified atom stereocenters. The number of hydrogen-bond acceptors (Lipinski definition) is 5. The van der Waals surface area contributed by atoms with Gasteiger partial charge in [-0.15, -0.1) is 0 Å². The quantitative estimate of drug-likeness (QED) is 0.128. The van der Waals surface area contributed by atoms with Gasteiger partial charge in [-0.3, -0.25) is 0 Å². The van der Waals surface area contributed by atoms with Gasteiger partial charge in [0.1, 0.15) is 17.1 Å². The molecule has 5 nitrogen and oxygen atoms in total. The molecule has 0 amide bonds. The average Bonchev–Trinajstić information content (AvgIpc) is 2.79. The van der Waals surface area contributed by atoms with Crippen LogP contribution >= 0.6 is 0 Å². The molecule has 0 heterocycles. The number of unbranched alkanes of at least 4 members (excludes halogenated alkanes) is 3. The number of rotatable bonds is 12. The SMILES string of the molecule is CCCCCCC(C)(C#C/C(C)=C\CO[Si](C)(C)C(C)(C)C)OC(=O)c1c(OC)cccc1OC. The molecule has 0 aliphatic carbocycles. The maximum absolute atomic E-state index is 13.2. The lowest BCUT2D eigenvalue weighted by molar-refractivity contribution is 0.0101. The maximum Gasteiger partial charge on any atom is 0.347 e. The van der Waals surface area contributed by atoms with Gasteiger partial charge in [-0.2, -0.15) is 0 Å². The van der Waals surface area contributed by atoms with Gasteiger partial charge in [0, 0.05) is 0 Å². The third-order valence-electron chi connectivity index (χ3n) is 6.62. The van der Waals surface area contributed by atoms with E-state index in [4.69, 9.17) is 18.6 Å². The molecular formula is C29H46O5Si. The van der Waals surface area contributed by atoms with Crippen molar-refractivity contribution in [2.24, 2.45) is 0 Å². The highest BCUT2D eigenvalue weighted by molar-refractivity contribution is 6.74. The first-order valence-corrected chi connectivity index (χ1v) is 15.5. The van der Waals surface area contributed by atoms with E-state index in [-0.39, 0.29) is 10.6 Å². The van der Waals surface area contributed by atoms with Crippen molar-refractivity contribution in [3.8, 4) is 23.3 Å². The molecule has 35 heavy (non-hydrogen) atoms. The van der Waals surface area contributed by atoms with E-state index in [0.29, 0.717) is 24.5 Å². The number of hydrogen-bond donors (Lipinski definition) is 0. The summed E-state index contributed by atoms with van der Waals surface area (Å²) in [5, 5.41) is 0.158. The highest BCUT2D eigenvalue weighted by atomic mass is 28.4. The third kappa shape index (κ3) is 9.74. The molecule has 0 aliphatic heterocycles. The number of ether oxygens (including phenoxy) is 3. The minimum atomic E-state index is -1.82. The fourth-order valence-corrected chi connectivity index (χ4v) is 4.14. The third-order valence-corrected chi connectivity index (χ3v) is 11.1. The molecule has 6 heteroatoms. The molecule has 1 atom stereocenters. The van der Waals surface area contributed by atoms with Crippen LogP contribution in [0.1, 0.15) is 84.0 Å². The first kappa shape index (κ1) is 30.8. The minimum Gasteiger partial charge on any atom is -0.496 e. The molecule has 0 bridgehead atoms. The van der Waals surface area contributed by atoms with Gasteiger partial charge in [0.2, 0.25) is 0 Å². The molecule has 0 aliphatic rings. The summed E-state index contributed by atoms with van der Waals surface area (Å²) in [5.74, 6) is 6.77. The highest BCUT2D eigenvalue weighted by Gasteiger charge is 2.36. The summed E-state index contributed by atoms with van der Waals surface area (Å²) in [5.41, 5.74) is 0.232. The van der Waals surface area contributed by atoms with Crippen molar-refractivity contribution in [3.63, 3.8) is 0 Å².